The molecule has 0 aliphatic carbocycles. The highest BCUT2D eigenvalue weighted by molar-refractivity contribution is 7.89. The van der Waals surface area contributed by atoms with Crippen molar-refractivity contribution >= 4 is 15.7 Å². The zero-order chi connectivity index (χ0) is 15.0. The van der Waals surface area contributed by atoms with Crippen LogP contribution in [-0.2, 0) is 10.0 Å². The van der Waals surface area contributed by atoms with Crippen molar-refractivity contribution in [2.24, 2.45) is 11.8 Å². The molecular weight excluding hydrogens is 294 g/mol. The van der Waals surface area contributed by atoms with E-state index in [-0.39, 0.29) is 10.6 Å². The van der Waals surface area contributed by atoms with E-state index in [2.05, 4.69) is 5.32 Å². The number of para-hydroxylation sites is 1. The summed E-state index contributed by atoms with van der Waals surface area (Å²) in [5.41, 5.74) is -0.356. The van der Waals surface area contributed by atoms with Crippen LogP contribution >= 0.6 is 0 Å². The van der Waals surface area contributed by atoms with Gasteiger partial charge in [0, 0.05) is 19.2 Å². The number of nitrogens with zero attached hydrogens (tertiary/aromatic N) is 2. The zero-order valence-electron chi connectivity index (χ0n) is 11.4. The van der Waals surface area contributed by atoms with Gasteiger partial charge < -0.3 is 5.32 Å². The Morgan fingerprint density at radius 3 is 2.67 bits per heavy atom. The minimum Gasteiger partial charge on any atom is -0.316 e. The lowest BCUT2D eigenvalue weighted by molar-refractivity contribution is -0.387. The Hall–Kier alpha value is -1.51. The topological polar surface area (TPSA) is 92.5 Å². The van der Waals surface area contributed by atoms with E-state index < -0.39 is 14.9 Å². The molecule has 1 aromatic carbocycles. The first-order chi connectivity index (χ1) is 10.00. The van der Waals surface area contributed by atoms with Gasteiger partial charge in [0.05, 0.1) is 4.92 Å². The number of rotatable bonds is 3. The van der Waals surface area contributed by atoms with Crippen molar-refractivity contribution in [1.82, 2.24) is 9.62 Å². The van der Waals surface area contributed by atoms with Gasteiger partial charge in [0.2, 0.25) is 10.0 Å². The Bertz CT molecular complexity index is 647. The van der Waals surface area contributed by atoms with Crippen LogP contribution < -0.4 is 5.32 Å². The van der Waals surface area contributed by atoms with Crippen molar-refractivity contribution in [1.29, 1.82) is 0 Å². The standard InChI is InChI=1S/C13H17N3O4S/c17-16(18)12-3-1-2-4-13(12)21(19,20)15-8-10-5-6-14-7-11(10)9-15/h1-4,10-11,14H,5-9H2. The summed E-state index contributed by atoms with van der Waals surface area (Å²) in [5, 5.41) is 14.3. The van der Waals surface area contributed by atoms with Crippen molar-refractivity contribution in [3.8, 4) is 0 Å². The Labute approximate surface area is 123 Å². The highest BCUT2D eigenvalue weighted by Crippen LogP contribution is 2.34. The molecule has 2 saturated heterocycles. The number of nitro benzene ring substituents is 1. The fraction of sp³-hybridized carbons (Fsp3) is 0.538. The second-order valence-electron chi connectivity index (χ2n) is 5.56. The van der Waals surface area contributed by atoms with Crippen LogP contribution in [0.4, 0.5) is 5.69 Å². The van der Waals surface area contributed by atoms with E-state index in [1.54, 1.807) is 0 Å². The second-order valence-corrected chi connectivity index (χ2v) is 7.47. The largest absolute Gasteiger partial charge is 0.316 e. The number of nitro groups is 1. The molecule has 2 unspecified atom stereocenters. The van der Waals surface area contributed by atoms with Crippen LogP contribution in [0, 0.1) is 22.0 Å². The van der Waals surface area contributed by atoms with Crippen LogP contribution in [0.2, 0.25) is 0 Å². The van der Waals surface area contributed by atoms with Gasteiger partial charge in [-0.05, 0) is 37.4 Å². The molecule has 0 saturated carbocycles. The molecule has 2 heterocycles. The number of hydrogen-bond acceptors (Lipinski definition) is 5. The molecule has 2 aliphatic heterocycles. The zero-order valence-corrected chi connectivity index (χ0v) is 12.3. The SMILES string of the molecule is O=[N+]([O-])c1ccccc1S(=O)(=O)N1CC2CCNCC2C1. The summed E-state index contributed by atoms with van der Waals surface area (Å²) in [5.74, 6) is 0.653. The van der Waals surface area contributed by atoms with Crippen LogP contribution in [0.15, 0.2) is 29.2 Å². The third-order valence-corrected chi connectivity index (χ3v) is 6.20. The molecule has 0 spiro atoms. The van der Waals surface area contributed by atoms with Gasteiger partial charge in [-0.25, -0.2) is 8.42 Å². The fourth-order valence-electron chi connectivity index (χ4n) is 3.19. The quantitative estimate of drug-likeness (QED) is 0.659. The van der Waals surface area contributed by atoms with Gasteiger partial charge in [-0.2, -0.15) is 4.31 Å². The number of sulfonamides is 1. The van der Waals surface area contributed by atoms with Crippen LogP contribution in [0.5, 0.6) is 0 Å². The van der Waals surface area contributed by atoms with E-state index in [4.69, 9.17) is 0 Å². The maximum Gasteiger partial charge on any atom is 0.289 e. The predicted octanol–water partition coefficient (Wildman–Crippen LogP) is 0.825. The molecule has 0 bridgehead atoms. The lowest BCUT2D eigenvalue weighted by atomic mass is 9.90. The minimum atomic E-state index is -3.81. The van der Waals surface area contributed by atoms with Crippen molar-refractivity contribution < 1.29 is 13.3 Å². The summed E-state index contributed by atoms with van der Waals surface area (Å²) in [6.45, 7) is 2.61. The molecule has 0 amide bonds. The summed E-state index contributed by atoms with van der Waals surface area (Å²) in [4.78, 5) is 10.2. The number of fused-ring (bicyclic) bond motifs is 1. The van der Waals surface area contributed by atoms with Gasteiger partial charge in [0.15, 0.2) is 4.90 Å². The van der Waals surface area contributed by atoms with Gasteiger partial charge in [-0.1, -0.05) is 12.1 Å². The molecule has 2 fully saturated rings. The molecule has 1 aromatic rings. The van der Waals surface area contributed by atoms with Crippen molar-refractivity contribution in [3.63, 3.8) is 0 Å². The molecule has 2 atom stereocenters. The van der Waals surface area contributed by atoms with Gasteiger partial charge in [0.25, 0.3) is 5.69 Å². The monoisotopic (exact) mass is 311 g/mol. The molecule has 0 aromatic heterocycles. The average Bonchev–Trinajstić information content (AvgIpc) is 2.92. The molecule has 21 heavy (non-hydrogen) atoms. The van der Waals surface area contributed by atoms with Crippen LogP contribution in [0.1, 0.15) is 6.42 Å². The van der Waals surface area contributed by atoms with E-state index in [0.717, 1.165) is 19.5 Å². The number of benzene rings is 1. The Morgan fingerprint density at radius 1 is 1.24 bits per heavy atom. The molecule has 0 radical (unpaired) electrons. The summed E-state index contributed by atoms with van der Waals surface area (Å²) in [7, 11) is -3.81. The highest BCUT2D eigenvalue weighted by Gasteiger charge is 2.41. The maximum atomic E-state index is 12.7. The molecule has 1 N–H and O–H groups in total. The second kappa shape index (κ2) is 5.36. The van der Waals surface area contributed by atoms with E-state index in [1.807, 2.05) is 0 Å². The molecular formula is C13H17N3O4S. The lowest BCUT2D eigenvalue weighted by Crippen LogP contribution is -2.35. The van der Waals surface area contributed by atoms with E-state index >= 15 is 0 Å². The maximum absolute atomic E-state index is 12.7. The molecule has 3 rings (SSSR count). The van der Waals surface area contributed by atoms with Crippen LogP contribution in [0.25, 0.3) is 0 Å². The minimum absolute atomic E-state index is 0.207. The number of piperidine rings is 1. The van der Waals surface area contributed by atoms with E-state index in [9.17, 15) is 18.5 Å². The summed E-state index contributed by atoms with van der Waals surface area (Å²) in [6, 6.07) is 5.54. The normalized spacial score (nSPS) is 26.5. The van der Waals surface area contributed by atoms with Crippen LogP contribution in [0.3, 0.4) is 0 Å². The van der Waals surface area contributed by atoms with Crippen molar-refractivity contribution in [2.45, 2.75) is 11.3 Å². The summed E-state index contributed by atoms with van der Waals surface area (Å²) in [6.07, 6.45) is 0.952. The fourth-order valence-corrected chi connectivity index (χ4v) is 4.90. The van der Waals surface area contributed by atoms with Crippen molar-refractivity contribution in [2.75, 3.05) is 26.2 Å². The molecule has 8 heteroatoms. The van der Waals surface area contributed by atoms with Gasteiger partial charge in [-0.3, -0.25) is 10.1 Å². The predicted molar refractivity (Wildman–Crippen MR) is 76.3 cm³/mol. The average molecular weight is 311 g/mol. The Morgan fingerprint density at radius 2 is 1.95 bits per heavy atom. The first-order valence-electron chi connectivity index (χ1n) is 6.94. The highest BCUT2D eigenvalue weighted by atomic mass is 32.2. The first kappa shape index (κ1) is 14.4. The van der Waals surface area contributed by atoms with Crippen LogP contribution in [-0.4, -0.2) is 43.8 Å². The lowest BCUT2D eigenvalue weighted by Gasteiger charge is -2.24. The third kappa shape index (κ3) is 2.54. The van der Waals surface area contributed by atoms with Gasteiger partial charge in [0.1, 0.15) is 0 Å². The first-order valence-corrected chi connectivity index (χ1v) is 8.38. The molecule has 7 nitrogen and oxygen atoms in total. The molecule has 2 aliphatic rings. The molecule has 114 valence electrons. The van der Waals surface area contributed by atoms with Gasteiger partial charge >= 0.3 is 0 Å². The Balaban J connectivity index is 1.93. The number of nitrogens with one attached hydrogen (secondary N) is 1. The van der Waals surface area contributed by atoms with Crippen molar-refractivity contribution in [3.05, 3.63) is 34.4 Å². The summed E-state index contributed by atoms with van der Waals surface area (Å²) >= 11 is 0. The van der Waals surface area contributed by atoms with E-state index in [0.29, 0.717) is 24.9 Å². The number of hydrogen-bond donors (Lipinski definition) is 1. The Kier molecular flexibility index (Phi) is 3.68. The third-order valence-electron chi connectivity index (χ3n) is 4.32. The van der Waals surface area contributed by atoms with E-state index in [1.165, 1.54) is 28.6 Å². The smallest absolute Gasteiger partial charge is 0.289 e. The van der Waals surface area contributed by atoms with Gasteiger partial charge in [-0.15, -0.1) is 0 Å². The summed E-state index contributed by atoms with van der Waals surface area (Å²) < 4.78 is 26.8.